The number of allylic oxidation sites excluding steroid dienone is 2. The number of carbonyl (C=O) groups is 2. The first-order chi connectivity index (χ1) is 14.3. The molecule has 0 rings (SSSR count). The maximum atomic E-state index is 11.9. The standard InChI is InChI=1S/C21H42N2O.C3H6O3/c1-5-7-8-9-10-11-12-13-14-15-16-17-18-19-21(24)22-20(6-2)23(3)4;1-2(4)3(5)6/h11-12,20H,5-10,13-19H2,1-4H3,(H,22,24);2,4H,1H3,(H,5,6)/b12-11-;. The van der Waals surface area contributed by atoms with E-state index in [-0.39, 0.29) is 12.1 Å². The quantitative estimate of drug-likeness (QED) is 0.170. The lowest BCUT2D eigenvalue weighted by atomic mass is 10.1. The molecular weight excluding hydrogens is 380 g/mol. The summed E-state index contributed by atoms with van der Waals surface area (Å²) in [6.07, 6.45) is 19.2. The number of rotatable bonds is 17. The van der Waals surface area contributed by atoms with Gasteiger partial charge in [-0.3, -0.25) is 9.69 Å². The molecule has 0 aromatic rings. The average molecular weight is 429 g/mol. The van der Waals surface area contributed by atoms with Crippen molar-refractivity contribution in [2.45, 2.75) is 117 Å². The van der Waals surface area contributed by atoms with Gasteiger partial charge in [-0.15, -0.1) is 0 Å². The highest BCUT2D eigenvalue weighted by molar-refractivity contribution is 5.76. The fourth-order valence-corrected chi connectivity index (χ4v) is 2.86. The first-order valence-corrected chi connectivity index (χ1v) is 11.8. The second kappa shape index (κ2) is 22.3. The smallest absolute Gasteiger partial charge is 0.332 e. The number of aliphatic hydroxyl groups is 1. The molecule has 178 valence electrons. The lowest BCUT2D eigenvalue weighted by Gasteiger charge is -2.23. The zero-order valence-electron chi connectivity index (χ0n) is 20.2. The minimum atomic E-state index is -1.23. The van der Waals surface area contributed by atoms with Gasteiger partial charge < -0.3 is 15.5 Å². The average Bonchev–Trinajstić information content (AvgIpc) is 2.69. The number of nitrogens with zero attached hydrogens (tertiary/aromatic N) is 1. The Morgan fingerprint density at radius 2 is 1.37 bits per heavy atom. The molecule has 0 aromatic heterocycles. The van der Waals surface area contributed by atoms with Gasteiger partial charge in [-0.05, 0) is 59.5 Å². The van der Waals surface area contributed by atoms with Crippen LogP contribution in [0.1, 0.15) is 104 Å². The van der Waals surface area contributed by atoms with Crippen LogP contribution in [0.25, 0.3) is 0 Å². The number of carboxylic acids is 1. The number of nitrogens with one attached hydrogen (secondary N) is 1. The Morgan fingerprint density at radius 1 is 0.900 bits per heavy atom. The third kappa shape index (κ3) is 22.9. The zero-order valence-corrected chi connectivity index (χ0v) is 20.2. The minimum absolute atomic E-state index is 0.172. The molecular formula is C24H48N2O4. The van der Waals surface area contributed by atoms with Crippen LogP contribution in [0.5, 0.6) is 0 Å². The molecule has 3 N–H and O–H groups in total. The van der Waals surface area contributed by atoms with Crippen LogP contribution in [0.15, 0.2) is 12.2 Å². The molecule has 0 heterocycles. The summed E-state index contributed by atoms with van der Waals surface area (Å²) in [5.74, 6) is -0.989. The lowest BCUT2D eigenvalue weighted by Crippen LogP contribution is -2.44. The number of carboxylic acid groups (broad SMARTS) is 1. The van der Waals surface area contributed by atoms with Gasteiger partial charge in [0.05, 0.1) is 6.17 Å². The zero-order chi connectivity index (χ0) is 23.2. The normalized spacial score (nSPS) is 13.0. The van der Waals surface area contributed by atoms with E-state index >= 15 is 0 Å². The highest BCUT2D eigenvalue weighted by atomic mass is 16.4. The van der Waals surface area contributed by atoms with Crippen LogP contribution in [0.3, 0.4) is 0 Å². The summed E-state index contributed by atoms with van der Waals surface area (Å²) in [6.45, 7) is 5.56. The molecule has 1 amide bonds. The van der Waals surface area contributed by atoms with Crippen molar-refractivity contribution in [1.29, 1.82) is 0 Å². The van der Waals surface area contributed by atoms with Gasteiger partial charge in [0, 0.05) is 6.42 Å². The molecule has 2 atom stereocenters. The van der Waals surface area contributed by atoms with Crippen molar-refractivity contribution < 1.29 is 19.8 Å². The molecule has 0 saturated carbocycles. The van der Waals surface area contributed by atoms with Crippen molar-refractivity contribution in [1.82, 2.24) is 10.2 Å². The van der Waals surface area contributed by atoms with E-state index in [1.807, 2.05) is 14.1 Å². The summed E-state index contributed by atoms with van der Waals surface area (Å²) in [4.78, 5) is 23.4. The van der Waals surface area contributed by atoms with E-state index in [2.05, 4.69) is 36.2 Å². The van der Waals surface area contributed by atoms with Crippen LogP contribution < -0.4 is 5.32 Å². The van der Waals surface area contributed by atoms with Gasteiger partial charge in [0.25, 0.3) is 0 Å². The lowest BCUT2D eigenvalue weighted by molar-refractivity contribution is -0.145. The Hall–Kier alpha value is -1.40. The molecule has 0 aliphatic rings. The number of aliphatic carboxylic acids is 1. The summed E-state index contributed by atoms with van der Waals surface area (Å²) < 4.78 is 0. The maximum Gasteiger partial charge on any atom is 0.332 e. The second-order valence-electron chi connectivity index (χ2n) is 8.10. The van der Waals surface area contributed by atoms with Gasteiger partial charge in [-0.2, -0.15) is 0 Å². The van der Waals surface area contributed by atoms with E-state index in [1.165, 1.54) is 71.1 Å². The molecule has 0 spiro atoms. The molecule has 0 bridgehead atoms. The molecule has 0 saturated heterocycles. The first kappa shape index (κ1) is 30.8. The van der Waals surface area contributed by atoms with Crippen molar-refractivity contribution in [2.75, 3.05) is 14.1 Å². The number of hydrogen-bond acceptors (Lipinski definition) is 4. The largest absolute Gasteiger partial charge is 0.479 e. The molecule has 6 nitrogen and oxygen atoms in total. The predicted molar refractivity (Wildman–Crippen MR) is 125 cm³/mol. The number of carbonyl (C=O) groups excluding carboxylic acids is 1. The molecule has 6 heteroatoms. The van der Waals surface area contributed by atoms with Gasteiger partial charge in [0.1, 0.15) is 6.10 Å². The van der Waals surface area contributed by atoms with Crippen molar-refractivity contribution in [3.8, 4) is 0 Å². The SMILES string of the molecule is CC(O)C(=O)O.CCCCCC/C=C\CCCCCCCC(=O)NC(CC)N(C)C. The highest BCUT2D eigenvalue weighted by Crippen LogP contribution is 2.09. The van der Waals surface area contributed by atoms with Gasteiger partial charge in [0.2, 0.25) is 5.91 Å². The Labute approximate surface area is 185 Å². The molecule has 0 fully saturated rings. The van der Waals surface area contributed by atoms with Crippen LogP contribution in [0.2, 0.25) is 0 Å². The van der Waals surface area contributed by atoms with E-state index in [4.69, 9.17) is 10.2 Å². The Morgan fingerprint density at radius 3 is 1.80 bits per heavy atom. The fraction of sp³-hybridized carbons (Fsp3) is 0.833. The van der Waals surface area contributed by atoms with E-state index in [9.17, 15) is 9.59 Å². The Balaban J connectivity index is 0. The van der Waals surface area contributed by atoms with Crippen LogP contribution in [-0.2, 0) is 9.59 Å². The molecule has 30 heavy (non-hydrogen) atoms. The summed E-state index contributed by atoms with van der Waals surface area (Å²) in [6, 6.07) is 0. The van der Waals surface area contributed by atoms with E-state index < -0.39 is 12.1 Å². The van der Waals surface area contributed by atoms with Crippen LogP contribution in [-0.4, -0.2) is 53.4 Å². The molecule has 0 aromatic carbocycles. The van der Waals surface area contributed by atoms with E-state index in [0.29, 0.717) is 6.42 Å². The number of amides is 1. The van der Waals surface area contributed by atoms with Gasteiger partial charge in [0.15, 0.2) is 0 Å². The van der Waals surface area contributed by atoms with Crippen LogP contribution in [0.4, 0.5) is 0 Å². The van der Waals surface area contributed by atoms with Crippen molar-refractivity contribution in [3.05, 3.63) is 12.2 Å². The summed E-state index contributed by atoms with van der Waals surface area (Å²) in [5, 5.41) is 18.9. The predicted octanol–water partition coefficient (Wildman–Crippen LogP) is 5.11. The summed E-state index contributed by atoms with van der Waals surface area (Å²) in [7, 11) is 4.02. The van der Waals surface area contributed by atoms with Crippen molar-refractivity contribution in [2.24, 2.45) is 0 Å². The van der Waals surface area contributed by atoms with Crippen molar-refractivity contribution in [3.63, 3.8) is 0 Å². The highest BCUT2D eigenvalue weighted by Gasteiger charge is 2.11. The first-order valence-electron chi connectivity index (χ1n) is 11.8. The number of unbranched alkanes of at least 4 members (excludes halogenated alkanes) is 9. The third-order valence-electron chi connectivity index (χ3n) is 4.86. The van der Waals surface area contributed by atoms with Gasteiger partial charge >= 0.3 is 5.97 Å². The van der Waals surface area contributed by atoms with E-state index in [1.54, 1.807) is 0 Å². The monoisotopic (exact) mass is 428 g/mol. The molecule has 0 radical (unpaired) electrons. The minimum Gasteiger partial charge on any atom is -0.479 e. The molecule has 0 aliphatic heterocycles. The molecule has 2 unspecified atom stereocenters. The van der Waals surface area contributed by atoms with Crippen LogP contribution in [0, 0.1) is 0 Å². The number of hydrogen-bond donors (Lipinski definition) is 3. The second-order valence-corrected chi connectivity index (χ2v) is 8.10. The fourth-order valence-electron chi connectivity index (χ4n) is 2.86. The topological polar surface area (TPSA) is 89.9 Å². The maximum absolute atomic E-state index is 11.9. The van der Waals surface area contributed by atoms with Gasteiger partial charge in [-0.1, -0.05) is 64.5 Å². The van der Waals surface area contributed by atoms with Crippen LogP contribution >= 0.6 is 0 Å². The Kier molecular flexibility index (Phi) is 22.9. The summed E-state index contributed by atoms with van der Waals surface area (Å²) in [5.41, 5.74) is 0. The Bertz CT molecular complexity index is 437. The van der Waals surface area contributed by atoms with E-state index in [0.717, 1.165) is 12.8 Å². The van der Waals surface area contributed by atoms with Gasteiger partial charge in [-0.25, -0.2) is 4.79 Å². The third-order valence-corrected chi connectivity index (χ3v) is 4.86. The number of aliphatic hydroxyl groups excluding tert-OH is 1. The molecule has 0 aliphatic carbocycles. The summed E-state index contributed by atoms with van der Waals surface area (Å²) >= 11 is 0. The van der Waals surface area contributed by atoms with Crippen molar-refractivity contribution >= 4 is 11.9 Å².